The summed E-state index contributed by atoms with van der Waals surface area (Å²) < 4.78 is 0. The first kappa shape index (κ1) is 18.9. The van der Waals surface area contributed by atoms with Gasteiger partial charge in [-0.05, 0) is 43.4 Å². The molecule has 2 aromatic carbocycles. The standard InChI is InChI=1S/C24H26N2OS/c1-17-23(21-15-13-20(14-16-21)19-9-5-3-6-10-19)25-24(28-17)26(18(2)27)22-11-7-4-8-12-22/h4,7-8,11-16,19H,3,5-6,9-10H2,1-2H3. The minimum Gasteiger partial charge on any atom is -0.274 e. The highest BCUT2D eigenvalue weighted by atomic mass is 32.1. The van der Waals surface area contributed by atoms with Gasteiger partial charge in [0.1, 0.15) is 0 Å². The number of aromatic nitrogens is 1. The number of aryl methyl sites for hydroxylation is 1. The van der Waals surface area contributed by atoms with Gasteiger partial charge in [0.25, 0.3) is 0 Å². The molecule has 0 unspecified atom stereocenters. The zero-order chi connectivity index (χ0) is 19.5. The van der Waals surface area contributed by atoms with Crippen molar-refractivity contribution in [3.05, 3.63) is 65.0 Å². The number of carbonyl (C=O) groups is 1. The van der Waals surface area contributed by atoms with E-state index in [2.05, 4.69) is 31.2 Å². The van der Waals surface area contributed by atoms with E-state index in [0.717, 1.165) is 27.0 Å². The van der Waals surface area contributed by atoms with Crippen LogP contribution in [-0.2, 0) is 4.79 Å². The van der Waals surface area contributed by atoms with E-state index in [9.17, 15) is 4.79 Å². The van der Waals surface area contributed by atoms with Crippen LogP contribution in [0.1, 0.15) is 55.4 Å². The largest absolute Gasteiger partial charge is 0.274 e. The van der Waals surface area contributed by atoms with E-state index in [1.165, 1.54) is 37.7 Å². The average Bonchev–Trinajstić information content (AvgIpc) is 3.10. The lowest BCUT2D eigenvalue weighted by atomic mass is 9.84. The molecule has 1 saturated carbocycles. The third-order valence-electron chi connectivity index (χ3n) is 5.57. The molecule has 1 aliphatic rings. The van der Waals surface area contributed by atoms with E-state index < -0.39 is 0 Å². The van der Waals surface area contributed by atoms with Crippen LogP contribution in [0.2, 0.25) is 0 Å². The normalized spacial score (nSPS) is 14.8. The molecule has 4 rings (SSSR count). The molecule has 28 heavy (non-hydrogen) atoms. The van der Waals surface area contributed by atoms with Gasteiger partial charge in [-0.1, -0.05) is 61.7 Å². The van der Waals surface area contributed by atoms with Crippen LogP contribution in [0.4, 0.5) is 10.8 Å². The Bertz CT molecular complexity index is 940. The van der Waals surface area contributed by atoms with Crippen LogP contribution in [0.25, 0.3) is 11.3 Å². The van der Waals surface area contributed by atoms with E-state index in [-0.39, 0.29) is 5.91 Å². The summed E-state index contributed by atoms with van der Waals surface area (Å²) in [4.78, 5) is 20.0. The predicted octanol–water partition coefficient (Wildman–Crippen LogP) is 6.85. The Morgan fingerprint density at radius 3 is 2.32 bits per heavy atom. The highest BCUT2D eigenvalue weighted by Crippen LogP contribution is 2.37. The van der Waals surface area contributed by atoms with Gasteiger partial charge < -0.3 is 0 Å². The van der Waals surface area contributed by atoms with E-state index >= 15 is 0 Å². The van der Waals surface area contributed by atoms with E-state index in [0.29, 0.717) is 5.92 Å². The summed E-state index contributed by atoms with van der Waals surface area (Å²) in [5.74, 6) is 0.681. The number of thiazole rings is 1. The monoisotopic (exact) mass is 390 g/mol. The Morgan fingerprint density at radius 1 is 1.00 bits per heavy atom. The molecule has 0 saturated heterocycles. The number of hydrogen-bond acceptors (Lipinski definition) is 3. The molecule has 1 aliphatic carbocycles. The van der Waals surface area contributed by atoms with Crippen molar-refractivity contribution in [3.63, 3.8) is 0 Å². The molecule has 3 nitrogen and oxygen atoms in total. The van der Waals surface area contributed by atoms with Crippen molar-refractivity contribution in [3.8, 4) is 11.3 Å². The quantitative estimate of drug-likeness (QED) is 0.488. The minimum atomic E-state index is -0.0286. The van der Waals surface area contributed by atoms with Crippen LogP contribution in [0, 0.1) is 6.92 Å². The van der Waals surface area contributed by atoms with Gasteiger partial charge in [0.05, 0.1) is 11.4 Å². The molecule has 0 radical (unpaired) electrons. The molecule has 4 heteroatoms. The van der Waals surface area contributed by atoms with Gasteiger partial charge in [0, 0.05) is 17.4 Å². The van der Waals surface area contributed by atoms with Crippen LogP contribution >= 0.6 is 11.3 Å². The van der Waals surface area contributed by atoms with Crippen molar-refractivity contribution < 1.29 is 4.79 Å². The van der Waals surface area contributed by atoms with Crippen molar-refractivity contribution in [2.75, 3.05) is 4.90 Å². The molecule has 1 heterocycles. The zero-order valence-electron chi connectivity index (χ0n) is 16.5. The lowest BCUT2D eigenvalue weighted by Gasteiger charge is -2.22. The number of benzene rings is 2. The van der Waals surface area contributed by atoms with Crippen LogP contribution in [0.5, 0.6) is 0 Å². The number of carbonyl (C=O) groups excluding carboxylic acids is 1. The second kappa shape index (κ2) is 8.27. The molecule has 3 aromatic rings. The molecule has 0 spiro atoms. The molecule has 0 bridgehead atoms. The molecule has 1 fully saturated rings. The molecular formula is C24H26N2OS. The zero-order valence-corrected chi connectivity index (χ0v) is 17.3. The Kier molecular flexibility index (Phi) is 5.58. The summed E-state index contributed by atoms with van der Waals surface area (Å²) >= 11 is 1.57. The summed E-state index contributed by atoms with van der Waals surface area (Å²) in [6, 6.07) is 18.6. The Balaban J connectivity index is 1.63. The molecular weight excluding hydrogens is 364 g/mol. The first-order valence-electron chi connectivity index (χ1n) is 10.1. The fourth-order valence-corrected chi connectivity index (χ4v) is 5.10. The Labute approximate surface area is 171 Å². The van der Waals surface area contributed by atoms with E-state index in [4.69, 9.17) is 4.98 Å². The van der Waals surface area contributed by atoms with Gasteiger partial charge in [-0.15, -0.1) is 11.3 Å². The lowest BCUT2D eigenvalue weighted by Crippen LogP contribution is -2.22. The average molecular weight is 391 g/mol. The first-order chi connectivity index (χ1) is 13.6. The summed E-state index contributed by atoms with van der Waals surface area (Å²) in [5, 5.41) is 0.725. The Morgan fingerprint density at radius 2 is 1.68 bits per heavy atom. The number of nitrogens with zero attached hydrogens (tertiary/aromatic N) is 2. The van der Waals surface area contributed by atoms with Gasteiger partial charge in [-0.2, -0.15) is 0 Å². The van der Waals surface area contributed by atoms with Gasteiger partial charge in [-0.3, -0.25) is 9.69 Å². The predicted molar refractivity (Wildman–Crippen MR) is 117 cm³/mol. The number of anilines is 2. The molecule has 0 aliphatic heterocycles. The number of amides is 1. The van der Waals surface area contributed by atoms with Gasteiger partial charge in [0.15, 0.2) is 5.13 Å². The summed E-state index contributed by atoms with van der Waals surface area (Å²) in [5.41, 5.74) is 4.39. The second-order valence-corrected chi connectivity index (χ2v) is 8.73. The molecule has 0 atom stereocenters. The first-order valence-corrected chi connectivity index (χ1v) is 10.9. The lowest BCUT2D eigenvalue weighted by molar-refractivity contribution is -0.115. The van der Waals surface area contributed by atoms with Crippen LogP contribution in [0.15, 0.2) is 54.6 Å². The fraction of sp³-hybridized carbons (Fsp3) is 0.333. The SMILES string of the molecule is CC(=O)N(c1ccccc1)c1nc(-c2ccc(C3CCCCC3)cc2)c(C)s1. The fourth-order valence-electron chi connectivity index (χ4n) is 4.10. The topological polar surface area (TPSA) is 33.2 Å². The van der Waals surface area contributed by atoms with Crippen molar-refractivity contribution in [1.29, 1.82) is 0 Å². The van der Waals surface area contributed by atoms with Crippen LogP contribution in [0.3, 0.4) is 0 Å². The van der Waals surface area contributed by atoms with Gasteiger partial charge in [0.2, 0.25) is 5.91 Å². The molecule has 1 aromatic heterocycles. The highest BCUT2D eigenvalue weighted by Gasteiger charge is 2.21. The molecule has 144 valence electrons. The summed E-state index contributed by atoms with van der Waals surface area (Å²) in [6.07, 6.45) is 6.69. The van der Waals surface area contributed by atoms with Crippen molar-refractivity contribution in [1.82, 2.24) is 4.98 Å². The van der Waals surface area contributed by atoms with E-state index in [1.54, 1.807) is 23.2 Å². The summed E-state index contributed by atoms with van der Waals surface area (Å²) in [6.45, 7) is 3.66. The Hall–Kier alpha value is -2.46. The second-order valence-electron chi connectivity index (χ2n) is 7.55. The van der Waals surface area contributed by atoms with E-state index in [1.807, 2.05) is 30.3 Å². The van der Waals surface area contributed by atoms with Crippen LogP contribution in [-0.4, -0.2) is 10.9 Å². The third kappa shape index (κ3) is 3.88. The smallest absolute Gasteiger partial charge is 0.230 e. The minimum absolute atomic E-state index is 0.0286. The van der Waals surface area contributed by atoms with Crippen molar-refractivity contribution in [2.45, 2.75) is 51.9 Å². The van der Waals surface area contributed by atoms with Crippen molar-refractivity contribution in [2.24, 2.45) is 0 Å². The van der Waals surface area contributed by atoms with Gasteiger partial charge in [-0.25, -0.2) is 4.98 Å². The third-order valence-corrected chi connectivity index (χ3v) is 6.52. The molecule has 1 amide bonds. The number of rotatable bonds is 4. The molecule has 0 N–H and O–H groups in total. The maximum Gasteiger partial charge on any atom is 0.230 e. The maximum absolute atomic E-state index is 12.3. The highest BCUT2D eigenvalue weighted by molar-refractivity contribution is 7.16. The van der Waals surface area contributed by atoms with Crippen LogP contribution < -0.4 is 4.90 Å². The summed E-state index contributed by atoms with van der Waals surface area (Å²) in [7, 11) is 0. The number of hydrogen-bond donors (Lipinski definition) is 0. The maximum atomic E-state index is 12.3. The van der Waals surface area contributed by atoms with Gasteiger partial charge >= 0.3 is 0 Å². The van der Waals surface area contributed by atoms with Crippen molar-refractivity contribution >= 4 is 28.1 Å². The number of para-hydroxylation sites is 1.